The second-order valence-electron chi connectivity index (χ2n) is 5.31. The van der Waals surface area contributed by atoms with Gasteiger partial charge in [0.2, 0.25) is 5.91 Å². The van der Waals surface area contributed by atoms with E-state index in [0.29, 0.717) is 12.0 Å². The summed E-state index contributed by atoms with van der Waals surface area (Å²) in [5, 5.41) is 23.5. The molecule has 0 bridgehead atoms. The van der Waals surface area contributed by atoms with Gasteiger partial charge in [0, 0.05) is 49.5 Å². The van der Waals surface area contributed by atoms with Crippen molar-refractivity contribution in [3.8, 4) is 0 Å². The molecule has 8 nitrogen and oxygen atoms in total. The van der Waals surface area contributed by atoms with E-state index in [0.717, 1.165) is 31.6 Å². The lowest BCUT2D eigenvalue weighted by Crippen LogP contribution is -2.20. The van der Waals surface area contributed by atoms with Crippen LogP contribution in [0.25, 0.3) is 0 Å². The number of aliphatic hydroxyl groups excluding tert-OH is 1. The van der Waals surface area contributed by atoms with E-state index >= 15 is 0 Å². The van der Waals surface area contributed by atoms with Gasteiger partial charge in [-0.2, -0.15) is 5.10 Å². The monoisotopic (exact) mass is 320 g/mol. The summed E-state index contributed by atoms with van der Waals surface area (Å²) >= 11 is 0. The van der Waals surface area contributed by atoms with Crippen molar-refractivity contribution in [1.29, 1.82) is 0 Å². The van der Waals surface area contributed by atoms with Gasteiger partial charge in [0.25, 0.3) is 5.69 Å². The first-order valence-corrected chi connectivity index (χ1v) is 7.58. The van der Waals surface area contributed by atoms with Gasteiger partial charge in [0.1, 0.15) is 0 Å². The molecule has 2 rings (SSSR count). The Morgan fingerprint density at radius 2 is 2.17 bits per heavy atom. The predicted molar refractivity (Wildman–Crippen MR) is 86.6 cm³/mol. The molecule has 1 aromatic carbocycles. The summed E-state index contributed by atoms with van der Waals surface area (Å²) in [5.74, 6) is -0.302. The third kappa shape index (κ3) is 4.75. The maximum absolute atomic E-state index is 11.5. The second kappa shape index (κ2) is 8.23. The molecular weight excluding hydrogens is 300 g/mol. The number of aliphatic hydroxyl groups is 1. The minimum Gasteiger partial charge on any atom is -0.396 e. The number of hydrazone groups is 1. The third-order valence-electron chi connectivity index (χ3n) is 3.62. The first kappa shape index (κ1) is 16.9. The fraction of sp³-hybridized carbons (Fsp3) is 0.467. The molecule has 0 unspecified atom stereocenters. The topological polar surface area (TPSA) is 108 Å². The number of nitro groups is 1. The fourth-order valence-electron chi connectivity index (χ4n) is 2.47. The van der Waals surface area contributed by atoms with Gasteiger partial charge in [-0.05, 0) is 25.3 Å². The Labute approximate surface area is 133 Å². The number of hydrogen-bond donors (Lipinski definition) is 2. The van der Waals surface area contributed by atoms with Crippen LogP contribution in [0.1, 0.15) is 31.2 Å². The molecule has 2 N–H and O–H groups in total. The zero-order valence-electron chi connectivity index (χ0n) is 12.8. The Bertz CT molecular complexity index is 597. The van der Waals surface area contributed by atoms with Gasteiger partial charge in [-0.1, -0.05) is 0 Å². The summed E-state index contributed by atoms with van der Waals surface area (Å²) < 4.78 is 0. The van der Waals surface area contributed by atoms with Crippen LogP contribution in [-0.4, -0.2) is 41.8 Å². The highest BCUT2D eigenvalue weighted by Gasteiger charge is 2.17. The van der Waals surface area contributed by atoms with Crippen molar-refractivity contribution < 1.29 is 14.8 Å². The summed E-state index contributed by atoms with van der Waals surface area (Å²) in [7, 11) is 0. The van der Waals surface area contributed by atoms with E-state index in [-0.39, 0.29) is 24.6 Å². The van der Waals surface area contributed by atoms with Crippen molar-refractivity contribution >= 4 is 23.5 Å². The zero-order chi connectivity index (χ0) is 16.7. The molecule has 0 saturated carbocycles. The quantitative estimate of drug-likeness (QED) is 0.449. The lowest BCUT2D eigenvalue weighted by molar-refractivity contribution is -0.384. The Kier molecular flexibility index (Phi) is 6.04. The molecule has 8 heteroatoms. The van der Waals surface area contributed by atoms with E-state index in [2.05, 4.69) is 15.4 Å². The Hall–Kier alpha value is -2.48. The van der Waals surface area contributed by atoms with Crippen molar-refractivity contribution in [1.82, 2.24) is 5.43 Å². The molecule has 0 aromatic heterocycles. The number of nitro benzene ring substituents is 1. The number of carbonyl (C=O) groups is 1. The Balaban J connectivity index is 2.14. The number of nitrogens with one attached hydrogen (secondary N) is 1. The summed E-state index contributed by atoms with van der Waals surface area (Å²) in [6.45, 7) is 1.75. The van der Waals surface area contributed by atoms with E-state index in [1.165, 1.54) is 18.3 Å². The molecule has 1 amide bonds. The van der Waals surface area contributed by atoms with Crippen LogP contribution in [0, 0.1) is 10.1 Å². The van der Waals surface area contributed by atoms with Gasteiger partial charge in [0.05, 0.1) is 11.1 Å². The van der Waals surface area contributed by atoms with Gasteiger partial charge < -0.3 is 10.0 Å². The van der Waals surface area contributed by atoms with Gasteiger partial charge in [-0.25, -0.2) is 5.43 Å². The third-order valence-corrected chi connectivity index (χ3v) is 3.62. The average Bonchev–Trinajstić information content (AvgIpc) is 3.07. The van der Waals surface area contributed by atoms with Crippen LogP contribution in [0.2, 0.25) is 0 Å². The zero-order valence-corrected chi connectivity index (χ0v) is 12.8. The fourth-order valence-corrected chi connectivity index (χ4v) is 2.47. The lowest BCUT2D eigenvalue weighted by Gasteiger charge is -2.19. The maximum Gasteiger partial charge on any atom is 0.270 e. The molecule has 1 saturated heterocycles. The molecule has 1 aliphatic heterocycles. The van der Waals surface area contributed by atoms with Crippen LogP contribution >= 0.6 is 0 Å². The normalized spacial score (nSPS) is 14.4. The van der Waals surface area contributed by atoms with Crippen LogP contribution in [0.4, 0.5) is 11.4 Å². The molecule has 1 aliphatic rings. The molecule has 0 radical (unpaired) electrons. The highest BCUT2D eigenvalue weighted by molar-refractivity contribution is 5.90. The van der Waals surface area contributed by atoms with E-state index in [9.17, 15) is 14.9 Å². The summed E-state index contributed by atoms with van der Waals surface area (Å²) in [6, 6.07) is 4.65. The first-order valence-electron chi connectivity index (χ1n) is 7.58. The second-order valence-corrected chi connectivity index (χ2v) is 5.31. The molecule has 0 aliphatic carbocycles. The molecule has 1 fully saturated rings. The number of rotatable bonds is 7. The van der Waals surface area contributed by atoms with Crippen molar-refractivity contribution in [2.75, 3.05) is 24.6 Å². The Morgan fingerprint density at radius 1 is 1.43 bits per heavy atom. The SMILES string of the molecule is O=C(CCCO)N/N=C\c1cc([N+](=O)[O-])ccc1N1CCCC1. The molecular formula is C15H20N4O4. The largest absolute Gasteiger partial charge is 0.396 e. The molecule has 1 heterocycles. The number of hydrogen-bond acceptors (Lipinski definition) is 6. The van der Waals surface area contributed by atoms with E-state index in [4.69, 9.17) is 5.11 Å². The minimum absolute atomic E-state index is 0.0130. The lowest BCUT2D eigenvalue weighted by atomic mass is 10.1. The predicted octanol–water partition coefficient (Wildman–Crippen LogP) is 1.42. The smallest absolute Gasteiger partial charge is 0.270 e. The van der Waals surface area contributed by atoms with Crippen molar-refractivity contribution in [2.24, 2.45) is 5.10 Å². The van der Waals surface area contributed by atoms with E-state index in [1.54, 1.807) is 6.07 Å². The van der Waals surface area contributed by atoms with Gasteiger partial charge in [-0.3, -0.25) is 14.9 Å². The average molecular weight is 320 g/mol. The highest BCUT2D eigenvalue weighted by atomic mass is 16.6. The number of anilines is 1. The maximum atomic E-state index is 11.5. The number of non-ortho nitro benzene ring substituents is 1. The minimum atomic E-state index is -0.453. The molecule has 124 valence electrons. The van der Waals surface area contributed by atoms with E-state index < -0.39 is 4.92 Å². The molecule has 0 spiro atoms. The molecule has 0 atom stereocenters. The van der Waals surface area contributed by atoms with Gasteiger partial charge in [0.15, 0.2) is 0 Å². The number of benzene rings is 1. The standard InChI is InChI=1S/C15H20N4O4/c20-9-3-4-15(21)17-16-11-12-10-13(19(22)23)5-6-14(12)18-7-1-2-8-18/h5-6,10-11,20H,1-4,7-9H2,(H,17,21)/b16-11-. The van der Waals surface area contributed by atoms with Crippen LogP contribution < -0.4 is 10.3 Å². The van der Waals surface area contributed by atoms with E-state index in [1.807, 2.05) is 0 Å². The highest BCUT2D eigenvalue weighted by Crippen LogP contribution is 2.27. The molecule has 1 aromatic rings. The number of carbonyl (C=O) groups excluding carboxylic acids is 1. The van der Waals surface area contributed by atoms with Crippen LogP contribution in [0.5, 0.6) is 0 Å². The van der Waals surface area contributed by atoms with Crippen LogP contribution in [0.3, 0.4) is 0 Å². The van der Waals surface area contributed by atoms with Gasteiger partial charge >= 0.3 is 0 Å². The van der Waals surface area contributed by atoms with Crippen molar-refractivity contribution in [3.05, 3.63) is 33.9 Å². The molecule has 23 heavy (non-hydrogen) atoms. The summed E-state index contributed by atoms with van der Waals surface area (Å²) in [5.41, 5.74) is 3.83. The van der Waals surface area contributed by atoms with Crippen LogP contribution in [-0.2, 0) is 4.79 Å². The summed E-state index contributed by atoms with van der Waals surface area (Å²) in [4.78, 5) is 24.1. The van der Waals surface area contributed by atoms with Crippen molar-refractivity contribution in [2.45, 2.75) is 25.7 Å². The van der Waals surface area contributed by atoms with Gasteiger partial charge in [-0.15, -0.1) is 0 Å². The van der Waals surface area contributed by atoms with Crippen LogP contribution in [0.15, 0.2) is 23.3 Å². The van der Waals surface area contributed by atoms with Crippen molar-refractivity contribution in [3.63, 3.8) is 0 Å². The Morgan fingerprint density at radius 3 is 2.83 bits per heavy atom. The summed E-state index contributed by atoms with van der Waals surface area (Å²) in [6.07, 6.45) is 4.16. The number of nitrogens with zero attached hydrogens (tertiary/aromatic N) is 3. The first-order chi connectivity index (χ1) is 11.1. The number of amides is 1.